The van der Waals surface area contributed by atoms with E-state index in [1.165, 1.54) is 11.0 Å². The SMILES string of the molecule is O=C(CNC(=O)Nn1cnc2ccccc21)Nc1ccc(F)c(F)c1F. The predicted octanol–water partition coefficient (Wildman–Crippen LogP) is 2.35. The normalized spacial score (nSPS) is 10.6. The molecule has 0 radical (unpaired) electrons. The summed E-state index contributed by atoms with van der Waals surface area (Å²) in [5.74, 6) is -5.40. The quantitative estimate of drug-likeness (QED) is 0.622. The van der Waals surface area contributed by atoms with E-state index in [0.29, 0.717) is 17.1 Å². The number of carbonyl (C=O) groups excluding carboxylic acids is 2. The van der Waals surface area contributed by atoms with Gasteiger partial charge >= 0.3 is 6.03 Å². The topological polar surface area (TPSA) is 88.1 Å². The number of nitrogens with one attached hydrogen (secondary N) is 3. The molecule has 0 spiro atoms. The highest BCUT2D eigenvalue weighted by Gasteiger charge is 2.15. The number of imidazole rings is 1. The van der Waals surface area contributed by atoms with Gasteiger partial charge in [-0.3, -0.25) is 4.79 Å². The maximum atomic E-state index is 13.5. The number of hydrogen-bond acceptors (Lipinski definition) is 3. The minimum absolute atomic E-state index is 0.517. The Morgan fingerprint density at radius 2 is 1.81 bits per heavy atom. The third-order valence-electron chi connectivity index (χ3n) is 3.39. The van der Waals surface area contributed by atoms with Crippen LogP contribution in [0.4, 0.5) is 23.7 Å². The van der Waals surface area contributed by atoms with E-state index in [4.69, 9.17) is 0 Å². The van der Waals surface area contributed by atoms with Crippen LogP contribution in [0.15, 0.2) is 42.7 Å². The monoisotopic (exact) mass is 363 g/mol. The number of aromatic nitrogens is 2. The Balaban J connectivity index is 1.56. The predicted molar refractivity (Wildman–Crippen MR) is 87.4 cm³/mol. The molecule has 26 heavy (non-hydrogen) atoms. The summed E-state index contributed by atoms with van der Waals surface area (Å²) in [7, 11) is 0. The van der Waals surface area contributed by atoms with Gasteiger partial charge in [0, 0.05) is 0 Å². The molecule has 1 aromatic heterocycles. The summed E-state index contributed by atoms with van der Waals surface area (Å²) < 4.78 is 40.8. The summed E-state index contributed by atoms with van der Waals surface area (Å²) in [6.45, 7) is -0.517. The van der Waals surface area contributed by atoms with Gasteiger partial charge in [0.05, 0.1) is 23.3 Å². The van der Waals surface area contributed by atoms with Crippen LogP contribution in [-0.4, -0.2) is 28.1 Å². The zero-order valence-electron chi connectivity index (χ0n) is 13.1. The molecule has 3 aromatic rings. The van der Waals surface area contributed by atoms with Crippen molar-refractivity contribution in [3.05, 3.63) is 60.2 Å². The minimum atomic E-state index is -1.69. The zero-order valence-corrected chi connectivity index (χ0v) is 13.1. The fourth-order valence-corrected chi connectivity index (χ4v) is 2.17. The molecule has 0 aliphatic rings. The number of fused-ring (bicyclic) bond motifs is 1. The van der Waals surface area contributed by atoms with Crippen molar-refractivity contribution >= 4 is 28.7 Å². The van der Waals surface area contributed by atoms with E-state index in [1.807, 2.05) is 5.32 Å². The van der Waals surface area contributed by atoms with Gasteiger partial charge in [0.15, 0.2) is 17.5 Å². The number of anilines is 1. The van der Waals surface area contributed by atoms with Crippen LogP contribution in [-0.2, 0) is 4.79 Å². The zero-order chi connectivity index (χ0) is 18.7. The van der Waals surface area contributed by atoms with Crippen LogP contribution in [0.5, 0.6) is 0 Å². The first-order chi connectivity index (χ1) is 12.5. The highest BCUT2D eigenvalue weighted by molar-refractivity contribution is 5.95. The Labute approximate surface area is 144 Å². The Morgan fingerprint density at radius 3 is 2.62 bits per heavy atom. The molecular formula is C16H12F3N5O2. The average Bonchev–Trinajstić information content (AvgIpc) is 3.03. The molecule has 2 aromatic carbocycles. The van der Waals surface area contributed by atoms with E-state index >= 15 is 0 Å². The van der Waals surface area contributed by atoms with E-state index in [2.05, 4.69) is 15.7 Å². The summed E-state index contributed by atoms with van der Waals surface area (Å²) >= 11 is 0. The summed E-state index contributed by atoms with van der Waals surface area (Å²) in [5, 5.41) is 4.29. The molecule has 10 heteroatoms. The molecule has 7 nitrogen and oxygen atoms in total. The summed E-state index contributed by atoms with van der Waals surface area (Å²) in [6.07, 6.45) is 1.39. The molecule has 134 valence electrons. The number of amides is 3. The first kappa shape index (κ1) is 17.3. The van der Waals surface area contributed by atoms with Crippen molar-refractivity contribution in [1.29, 1.82) is 0 Å². The van der Waals surface area contributed by atoms with Crippen LogP contribution < -0.4 is 16.1 Å². The number of benzene rings is 2. The van der Waals surface area contributed by atoms with Crippen molar-refractivity contribution < 1.29 is 22.8 Å². The van der Waals surface area contributed by atoms with Gasteiger partial charge in [-0.1, -0.05) is 12.1 Å². The molecule has 0 unspecified atom stereocenters. The molecule has 3 N–H and O–H groups in total. The van der Waals surface area contributed by atoms with Crippen molar-refractivity contribution in [1.82, 2.24) is 15.0 Å². The van der Waals surface area contributed by atoms with Crippen LogP contribution >= 0.6 is 0 Å². The van der Waals surface area contributed by atoms with Crippen LogP contribution in [0, 0.1) is 17.5 Å². The van der Waals surface area contributed by atoms with Crippen LogP contribution in [0.2, 0.25) is 0 Å². The lowest BCUT2D eigenvalue weighted by atomic mass is 10.2. The van der Waals surface area contributed by atoms with E-state index < -0.39 is 41.6 Å². The van der Waals surface area contributed by atoms with Crippen molar-refractivity contribution in [2.75, 3.05) is 17.3 Å². The highest BCUT2D eigenvalue weighted by Crippen LogP contribution is 2.19. The second-order valence-corrected chi connectivity index (χ2v) is 5.17. The number of nitrogens with zero attached hydrogens (tertiary/aromatic N) is 2. The largest absolute Gasteiger partial charge is 0.334 e. The first-order valence-corrected chi connectivity index (χ1v) is 7.36. The molecule has 1 heterocycles. The van der Waals surface area contributed by atoms with E-state index in [-0.39, 0.29) is 0 Å². The van der Waals surface area contributed by atoms with Crippen molar-refractivity contribution in [2.24, 2.45) is 0 Å². The smallest absolute Gasteiger partial charge is 0.328 e. The van der Waals surface area contributed by atoms with Gasteiger partial charge in [-0.05, 0) is 24.3 Å². The molecule has 0 aliphatic heterocycles. The molecule has 3 amide bonds. The Morgan fingerprint density at radius 1 is 1.04 bits per heavy atom. The van der Waals surface area contributed by atoms with Gasteiger partial charge in [0.25, 0.3) is 0 Å². The van der Waals surface area contributed by atoms with E-state index in [0.717, 1.165) is 6.07 Å². The lowest BCUT2D eigenvalue weighted by molar-refractivity contribution is -0.115. The first-order valence-electron chi connectivity index (χ1n) is 7.36. The fraction of sp³-hybridized carbons (Fsp3) is 0.0625. The summed E-state index contributed by atoms with van der Waals surface area (Å²) in [6, 6.07) is 7.90. The van der Waals surface area contributed by atoms with Gasteiger partial charge in [-0.2, -0.15) is 0 Å². The van der Waals surface area contributed by atoms with Gasteiger partial charge in [0.2, 0.25) is 5.91 Å². The second kappa shape index (κ2) is 7.13. The third-order valence-corrected chi connectivity index (χ3v) is 3.39. The molecule has 0 bridgehead atoms. The highest BCUT2D eigenvalue weighted by atomic mass is 19.2. The lowest BCUT2D eigenvalue weighted by Crippen LogP contribution is -2.38. The number of urea groups is 1. The van der Waals surface area contributed by atoms with Crippen LogP contribution in [0.25, 0.3) is 11.0 Å². The molecule has 3 rings (SSSR count). The summed E-state index contributed by atoms with van der Waals surface area (Å²) in [5.41, 5.74) is 3.24. The Kier molecular flexibility index (Phi) is 4.74. The number of para-hydroxylation sites is 2. The number of carbonyl (C=O) groups is 2. The molecule has 0 atom stereocenters. The minimum Gasteiger partial charge on any atom is -0.328 e. The van der Waals surface area contributed by atoms with E-state index in [1.54, 1.807) is 24.3 Å². The molecular weight excluding hydrogens is 351 g/mol. The molecule has 0 aliphatic carbocycles. The van der Waals surface area contributed by atoms with Crippen molar-refractivity contribution in [3.63, 3.8) is 0 Å². The van der Waals surface area contributed by atoms with Crippen molar-refractivity contribution in [2.45, 2.75) is 0 Å². The Hall–Kier alpha value is -3.56. The molecule has 0 saturated carbocycles. The van der Waals surface area contributed by atoms with Gasteiger partial charge in [-0.15, -0.1) is 0 Å². The maximum Gasteiger partial charge on any atom is 0.334 e. The molecule has 0 fully saturated rings. The standard InChI is InChI=1S/C16H12F3N5O2/c17-9-5-6-11(15(19)14(9)18)22-13(25)7-20-16(26)23-24-8-21-10-3-1-2-4-12(10)24/h1-6,8H,7H2,(H,22,25)(H2,20,23,26). The van der Waals surface area contributed by atoms with Crippen LogP contribution in [0.3, 0.4) is 0 Å². The van der Waals surface area contributed by atoms with Gasteiger partial charge in [0.1, 0.15) is 6.33 Å². The van der Waals surface area contributed by atoms with Gasteiger partial charge in [-0.25, -0.2) is 33.1 Å². The number of halogens is 3. The second-order valence-electron chi connectivity index (χ2n) is 5.17. The third kappa shape index (κ3) is 3.58. The molecule has 0 saturated heterocycles. The van der Waals surface area contributed by atoms with Gasteiger partial charge < -0.3 is 10.6 Å². The Bertz CT molecular complexity index is 989. The van der Waals surface area contributed by atoms with Crippen molar-refractivity contribution in [3.8, 4) is 0 Å². The number of hydrogen-bond donors (Lipinski definition) is 3. The van der Waals surface area contributed by atoms with E-state index in [9.17, 15) is 22.8 Å². The lowest BCUT2D eigenvalue weighted by Gasteiger charge is -2.10. The fourth-order valence-electron chi connectivity index (χ4n) is 2.17. The number of rotatable bonds is 4. The average molecular weight is 363 g/mol. The summed E-state index contributed by atoms with van der Waals surface area (Å²) in [4.78, 5) is 27.6. The maximum absolute atomic E-state index is 13.5. The van der Waals surface area contributed by atoms with Crippen LogP contribution in [0.1, 0.15) is 0 Å².